The minimum absolute atomic E-state index is 0.110. The lowest BCUT2D eigenvalue weighted by atomic mass is 10.3. The first-order valence-electron chi connectivity index (χ1n) is 14.6. The maximum absolute atomic E-state index is 11.9. The fourth-order valence-corrected chi connectivity index (χ4v) is 5.62. The number of aromatic nitrogens is 10. The summed E-state index contributed by atoms with van der Waals surface area (Å²) in [7, 11) is -3.54. The molecule has 2 fully saturated rings. The van der Waals surface area contributed by atoms with Gasteiger partial charge < -0.3 is 20.2 Å². The molecule has 6 heterocycles. The Morgan fingerprint density at radius 1 is 0.812 bits per heavy atom. The summed E-state index contributed by atoms with van der Waals surface area (Å²) >= 11 is 1.53. The third-order valence-corrected chi connectivity index (χ3v) is 8.89. The van der Waals surface area contributed by atoms with Crippen LogP contribution in [0, 0.1) is 0 Å². The van der Waals surface area contributed by atoms with Crippen LogP contribution in [0.2, 0.25) is 0 Å². The predicted molar refractivity (Wildman–Crippen MR) is 172 cm³/mol. The highest BCUT2D eigenvalue weighted by Gasteiger charge is 2.22. The van der Waals surface area contributed by atoms with Gasteiger partial charge in [0.15, 0.2) is 37.1 Å². The Bertz CT molecular complexity index is 2690. The lowest BCUT2D eigenvalue weighted by Gasteiger charge is -2.00. The summed E-state index contributed by atoms with van der Waals surface area (Å²) < 4.78 is 27.0. The number of sulfone groups is 1. The number of aromatic amines is 4. The van der Waals surface area contributed by atoms with Crippen molar-refractivity contribution in [2.45, 2.75) is 47.8 Å². The summed E-state index contributed by atoms with van der Waals surface area (Å²) in [4.78, 5) is 49.8. The van der Waals surface area contributed by atoms with Crippen molar-refractivity contribution >= 4 is 45.0 Å². The third kappa shape index (κ3) is 6.51. The number of imidazole rings is 2. The molecular weight excluding hydrogens is 665 g/mol. The highest BCUT2D eigenvalue weighted by Crippen LogP contribution is 2.23. The molecule has 2 aliphatic rings. The molecule has 6 aromatic rings. The monoisotopic (exact) mass is 692 g/mol. The van der Waals surface area contributed by atoms with Crippen LogP contribution in [0.3, 0.4) is 0 Å². The van der Waals surface area contributed by atoms with Crippen molar-refractivity contribution < 1.29 is 18.6 Å². The molecule has 8 rings (SSSR count). The molecule has 0 saturated heterocycles. The second kappa shape index (κ2) is 11.9. The summed E-state index contributed by atoms with van der Waals surface area (Å²) in [5.74, 6) is -0.537. The lowest BCUT2D eigenvalue weighted by Crippen LogP contribution is -2.21. The Balaban J connectivity index is 0.000000152. The van der Waals surface area contributed by atoms with Gasteiger partial charge >= 0.3 is 11.4 Å². The predicted octanol–water partition coefficient (Wildman–Crippen LogP) is -1.75. The molecule has 0 spiro atoms. The largest absolute Gasteiger partial charge is 0.493 e. The molecule has 48 heavy (non-hydrogen) atoms. The molecule has 0 aliphatic heterocycles. The molecule has 20 heteroatoms. The molecule has 0 amide bonds. The van der Waals surface area contributed by atoms with Gasteiger partial charge in [-0.15, -0.1) is 11.8 Å². The zero-order valence-corrected chi connectivity index (χ0v) is 27.0. The summed E-state index contributed by atoms with van der Waals surface area (Å²) in [6.07, 6.45) is 13.3. The maximum atomic E-state index is 11.9. The lowest BCUT2D eigenvalue weighted by molar-refractivity contribution is 0.454. The standard InChI is InChI=1S/C14H14N6O4S.C14H14N6O2S/c1-25(23,24)11-5-10(16-8-2-3-8)20-12(18-11)7(6-15-20)4-9-13(21)19-14(22)17-9;1-23-11-5-10(16-8-2-3-8)20-12(18-11)7(6-15-20)4-9-13(21)19-14(22)17-9/h4-6,8,21H,2-3H2,1H3,(H2,17,19,22);4-6,8,21H,2-3H2,1H3,(H2,17,19,22). The minimum atomic E-state index is -3.54. The Labute approximate surface area is 272 Å². The van der Waals surface area contributed by atoms with E-state index in [0.29, 0.717) is 33.3 Å². The van der Waals surface area contributed by atoms with Crippen molar-refractivity contribution in [3.63, 3.8) is 0 Å². The van der Waals surface area contributed by atoms with Crippen LogP contribution in [-0.2, 0) is 9.84 Å². The Hall–Kier alpha value is -5.50. The summed E-state index contributed by atoms with van der Waals surface area (Å²) in [5.41, 5.74) is 1.49. The van der Waals surface area contributed by atoms with E-state index in [1.54, 1.807) is 16.8 Å². The first-order chi connectivity index (χ1) is 22.9. The van der Waals surface area contributed by atoms with Gasteiger partial charge in [0, 0.05) is 28.8 Å². The SMILES string of the molecule is CS(=O)(=O)c1cc(=NC2CC2)n2ncc(=Cc3[nH]c(=O)[nH]c3O)c2n1.CSc1cc(=NC2CC2)n2ncc(=Cc3[nH]c(=O)[nH]c3O)c2n1. The highest BCUT2D eigenvalue weighted by atomic mass is 32.2. The number of fused-ring (bicyclic) bond motifs is 2. The Morgan fingerprint density at radius 3 is 1.71 bits per heavy atom. The van der Waals surface area contributed by atoms with Crippen LogP contribution >= 0.6 is 11.8 Å². The summed E-state index contributed by atoms with van der Waals surface area (Å²) in [6.45, 7) is 0. The summed E-state index contributed by atoms with van der Waals surface area (Å²) in [5, 5.41) is 29.8. The number of hydrogen-bond donors (Lipinski definition) is 6. The van der Waals surface area contributed by atoms with Crippen LogP contribution in [0.5, 0.6) is 11.8 Å². The van der Waals surface area contributed by atoms with Gasteiger partial charge in [-0.1, -0.05) is 0 Å². The normalized spacial score (nSPS) is 16.7. The van der Waals surface area contributed by atoms with Crippen LogP contribution in [0.4, 0.5) is 0 Å². The van der Waals surface area contributed by atoms with Gasteiger partial charge in [0.1, 0.15) is 16.4 Å². The van der Waals surface area contributed by atoms with E-state index in [9.17, 15) is 28.2 Å². The van der Waals surface area contributed by atoms with E-state index >= 15 is 0 Å². The van der Waals surface area contributed by atoms with E-state index in [-0.39, 0.29) is 34.2 Å². The van der Waals surface area contributed by atoms with Crippen LogP contribution in [0.1, 0.15) is 37.1 Å². The Morgan fingerprint density at radius 2 is 1.29 bits per heavy atom. The zero-order chi connectivity index (χ0) is 33.7. The van der Waals surface area contributed by atoms with Gasteiger partial charge in [0.05, 0.1) is 24.5 Å². The number of nitrogens with one attached hydrogen (secondary N) is 4. The van der Waals surface area contributed by atoms with Crippen molar-refractivity contribution in [3.8, 4) is 11.8 Å². The molecule has 6 N–H and O–H groups in total. The van der Waals surface area contributed by atoms with E-state index in [2.05, 4.69) is 50.1 Å². The molecule has 18 nitrogen and oxygen atoms in total. The molecule has 0 atom stereocenters. The molecule has 248 valence electrons. The number of aromatic hydroxyl groups is 2. The smallest absolute Gasteiger partial charge is 0.326 e. The van der Waals surface area contributed by atoms with Gasteiger partial charge in [-0.2, -0.15) is 19.2 Å². The quantitative estimate of drug-likeness (QED) is 0.0843. The number of nitrogens with zero attached hydrogens (tertiary/aromatic N) is 8. The zero-order valence-electron chi connectivity index (χ0n) is 25.4. The first kappa shape index (κ1) is 31.1. The van der Waals surface area contributed by atoms with Crippen LogP contribution < -0.4 is 32.8 Å². The average molecular weight is 693 g/mol. The second-order valence-electron chi connectivity index (χ2n) is 11.2. The van der Waals surface area contributed by atoms with Crippen LogP contribution in [0.25, 0.3) is 23.4 Å². The highest BCUT2D eigenvalue weighted by molar-refractivity contribution is 7.98. The molecule has 0 aromatic carbocycles. The van der Waals surface area contributed by atoms with Gasteiger partial charge in [-0.3, -0.25) is 20.0 Å². The van der Waals surface area contributed by atoms with Crippen molar-refractivity contribution in [1.29, 1.82) is 0 Å². The summed E-state index contributed by atoms with van der Waals surface area (Å²) in [6, 6.07) is 3.85. The van der Waals surface area contributed by atoms with Crippen LogP contribution in [-0.4, -0.2) is 92.4 Å². The molecule has 2 aliphatic carbocycles. The number of hydrogen-bond acceptors (Lipinski definition) is 13. The minimum Gasteiger partial charge on any atom is -0.493 e. The fourth-order valence-electron chi connectivity index (χ4n) is 4.64. The van der Waals surface area contributed by atoms with E-state index in [1.807, 2.05) is 12.3 Å². The first-order valence-corrected chi connectivity index (χ1v) is 17.7. The van der Waals surface area contributed by atoms with Crippen molar-refractivity contribution in [3.05, 3.63) is 78.3 Å². The molecule has 0 unspecified atom stereocenters. The van der Waals surface area contributed by atoms with Crippen molar-refractivity contribution in [1.82, 2.24) is 49.1 Å². The molecule has 2 saturated carbocycles. The molecular formula is C28H28N12O6S2. The van der Waals surface area contributed by atoms with Crippen molar-refractivity contribution in [2.75, 3.05) is 12.5 Å². The average Bonchev–Trinajstić information content (AvgIpc) is 3.89. The van der Waals surface area contributed by atoms with Gasteiger partial charge in [-0.05, 0) is 44.1 Å². The third-order valence-electron chi connectivity index (χ3n) is 7.30. The van der Waals surface area contributed by atoms with Gasteiger partial charge in [0.2, 0.25) is 11.8 Å². The van der Waals surface area contributed by atoms with E-state index < -0.39 is 21.2 Å². The van der Waals surface area contributed by atoms with E-state index in [1.165, 1.54) is 34.6 Å². The number of H-pyrrole nitrogens is 4. The topological polar surface area (TPSA) is 257 Å². The van der Waals surface area contributed by atoms with Gasteiger partial charge in [0.25, 0.3) is 0 Å². The van der Waals surface area contributed by atoms with E-state index in [0.717, 1.165) is 42.5 Å². The van der Waals surface area contributed by atoms with Gasteiger partial charge in [-0.25, -0.2) is 28.0 Å². The fraction of sp³-hybridized carbons (Fsp3) is 0.286. The molecule has 6 aromatic heterocycles. The van der Waals surface area contributed by atoms with E-state index in [4.69, 9.17) is 0 Å². The van der Waals surface area contributed by atoms with Crippen LogP contribution in [0.15, 0.2) is 54.2 Å². The molecule has 0 bridgehead atoms. The number of thioether (sulfide) groups is 1. The maximum Gasteiger partial charge on any atom is 0.326 e. The molecule has 0 radical (unpaired) electrons. The Kier molecular flexibility index (Phi) is 7.74. The second-order valence-corrected chi connectivity index (χ2v) is 14.0. The van der Waals surface area contributed by atoms with Crippen molar-refractivity contribution in [2.24, 2.45) is 9.98 Å². The number of rotatable bonds is 6.